The Hall–Kier alpha value is -3.42. The Morgan fingerprint density at radius 3 is 2.37 bits per heavy atom. The molecule has 0 aliphatic carbocycles. The summed E-state index contributed by atoms with van der Waals surface area (Å²) < 4.78 is 12.6. The van der Waals surface area contributed by atoms with E-state index in [1.165, 1.54) is 0 Å². The lowest BCUT2D eigenvalue weighted by molar-refractivity contribution is -0.118. The average molecular weight is 367 g/mol. The maximum atomic E-state index is 12.1. The number of benzene rings is 1. The zero-order valence-electron chi connectivity index (χ0n) is 15.7. The highest BCUT2D eigenvalue weighted by atomic mass is 16.5. The number of imidazole rings is 1. The lowest BCUT2D eigenvalue weighted by Crippen LogP contribution is -2.20. The summed E-state index contributed by atoms with van der Waals surface area (Å²) in [6.07, 6.45) is 3.11. The van der Waals surface area contributed by atoms with Gasteiger partial charge in [-0.3, -0.25) is 9.36 Å². The van der Waals surface area contributed by atoms with E-state index < -0.39 is 0 Å². The number of anilines is 1. The molecule has 0 aliphatic rings. The van der Waals surface area contributed by atoms with Gasteiger partial charge in [0.1, 0.15) is 5.82 Å². The van der Waals surface area contributed by atoms with E-state index in [4.69, 9.17) is 9.47 Å². The maximum absolute atomic E-state index is 12.1. The normalized spacial score (nSPS) is 10.5. The number of para-hydroxylation sites is 2. The van der Waals surface area contributed by atoms with E-state index in [0.717, 1.165) is 17.2 Å². The number of rotatable bonds is 6. The first-order valence-corrected chi connectivity index (χ1v) is 8.40. The zero-order valence-corrected chi connectivity index (χ0v) is 15.7. The van der Waals surface area contributed by atoms with Crippen molar-refractivity contribution < 1.29 is 14.3 Å². The van der Waals surface area contributed by atoms with E-state index in [0.29, 0.717) is 23.1 Å². The molecule has 1 amide bonds. The van der Waals surface area contributed by atoms with Crippen molar-refractivity contribution in [3.63, 3.8) is 0 Å². The summed E-state index contributed by atoms with van der Waals surface area (Å²) in [4.78, 5) is 25.2. The van der Waals surface area contributed by atoms with E-state index in [1.54, 1.807) is 31.6 Å². The topological polar surface area (TPSA) is 91.2 Å². The molecular formula is C19H21N5O3. The first kappa shape index (κ1) is 18.4. The van der Waals surface area contributed by atoms with Crippen molar-refractivity contribution >= 4 is 11.6 Å². The van der Waals surface area contributed by atoms with Gasteiger partial charge >= 0.3 is 0 Å². The Balaban J connectivity index is 1.63. The second kappa shape index (κ2) is 7.86. The quantitative estimate of drug-likeness (QED) is 0.720. The number of ether oxygens (including phenoxy) is 2. The summed E-state index contributed by atoms with van der Waals surface area (Å²) in [5.74, 6) is 2.08. The monoisotopic (exact) mass is 367 g/mol. The lowest BCUT2D eigenvalue weighted by atomic mass is 10.3. The van der Waals surface area contributed by atoms with Gasteiger partial charge in [0.25, 0.3) is 5.91 Å². The van der Waals surface area contributed by atoms with E-state index in [9.17, 15) is 4.79 Å². The van der Waals surface area contributed by atoms with Crippen LogP contribution in [0.2, 0.25) is 0 Å². The second-order valence-electron chi connectivity index (χ2n) is 5.92. The molecule has 140 valence electrons. The second-order valence-corrected chi connectivity index (χ2v) is 5.92. The van der Waals surface area contributed by atoms with Crippen molar-refractivity contribution in [2.45, 2.75) is 20.8 Å². The van der Waals surface area contributed by atoms with Crippen molar-refractivity contribution in [3.8, 4) is 17.4 Å². The smallest absolute Gasteiger partial charge is 0.262 e. The first-order chi connectivity index (χ1) is 13.0. The van der Waals surface area contributed by atoms with E-state index in [1.807, 2.05) is 37.5 Å². The molecule has 0 spiro atoms. The van der Waals surface area contributed by atoms with Crippen molar-refractivity contribution in [3.05, 3.63) is 53.9 Å². The molecule has 0 unspecified atom stereocenters. The summed E-state index contributed by atoms with van der Waals surface area (Å²) in [5, 5.41) is 2.71. The van der Waals surface area contributed by atoms with E-state index >= 15 is 0 Å². The number of methoxy groups -OCH3 is 1. The SMILES string of the molecule is COc1ccccc1OCC(=O)Nc1cnc(-n2c(C)nc(C)c2C)nc1. The van der Waals surface area contributed by atoms with Gasteiger partial charge in [0.15, 0.2) is 18.1 Å². The third-order valence-corrected chi connectivity index (χ3v) is 4.06. The number of aromatic nitrogens is 4. The van der Waals surface area contributed by atoms with Crippen LogP contribution in [0.25, 0.3) is 5.95 Å². The third kappa shape index (κ3) is 4.05. The van der Waals surface area contributed by atoms with Gasteiger partial charge in [0.05, 0.1) is 30.9 Å². The highest BCUT2D eigenvalue weighted by Gasteiger charge is 2.12. The highest BCUT2D eigenvalue weighted by molar-refractivity contribution is 5.91. The number of carbonyl (C=O) groups is 1. The Morgan fingerprint density at radius 2 is 1.78 bits per heavy atom. The van der Waals surface area contributed by atoms with Crippen LogP contribution in [-0.4, -0.2) is 39.1 Å². The van der Waals surface area contributed by atoms with Crippen LogP contribution in [0.4, 0.5) is 5.69 Å². The van der Waals surface area contributed by atoms with E-state index in [2.05, 4.69) is 20.3 Å². The van der Waals surface area contributed by atoms with Crippen molar-refractivity contribution in [2.24, 2.45) is 0 Å². The number of nitrogens with zero attached hydrogens (tertiary/aromatic N) is 4. The number of aryl methyl sites for hydroxylation is 2. The Bertz CT molecular complexity index is 950. The summed E-state index contributed by atoms with van der Waals surface area (Å²) in [6.45, 7) is 5.65. The highest BCUT2D eigenvalue weighted by Crippen LogP contribution is 2.25. The van der Waals surface area contributed by atoms with Gasteiger partial charge in [-0.15, -0.1) is 0 Å². The molecule has 0 atom stereocenters. The van der Waals surface area contributed by atoms with Crippen LogP contribution in [0.1, 0.15) is 17.2 Å². The minimum Gasteiger partial charge on any atom is -0.493 e. The molecule has 3 rings (SSSR count). The summed E-state index contributed by atoms with van der Waals surface area (Å²) >= 11 is 0. The van der Waals surface area contributed by atoms with Crippen LogP contribution in [-0.2, 0) is 4.79 Å². The largest absolute Gasteiger partial charge is 0.493 e. The maximum Gasteiger partial charge on any atom is 0.262 e. The fourth-order valence-corrected chi connectivity index (χ4v) is 2.65. The molecule has 0 bridgehead atoms. The van der Waals surface area contributed by atoms with Crippen molar-refractivity contribution in [1.82, 2.24) is 19.5 Å². The molecule has 0 saturated heterocycles. The molecule has 2 heterocycles. The standard InChI is InChI=1S/C19H21N5O3/c1-12-13(2)24(14(3)22-12)19-20-9-15(10-21-19)23-18(25)11-27-17-8-6-5-7-16(17)26-4/h5-10H,11H2,1-4H3,(H,23,25). The van der Waals surface area contributed by atoms with Gasteiger partial charge in [-0.1, -0.05) is 12.1 Å². The minimum absolute atomic E-state index is 0.152. The molecule has 1 aromatic carbocycles. The van der Waals surface area contributed by atoms with Crippen LogP contribution in [0, 0.1) is 20.8 Å². The predicted molar refractivity (Wildman–Crippen MR) is 100 cm³/mol. The van der Waals surface area contributed by atoms with Crippen molar-refractivity contribution in [1.29, 1.82) is 0 Å². The van der Waals surface area contributed by atoms with Gasteiger partial charge < -0.3 is 14.8 Å². The number of hydrogen-bond acceptors (Lipinski definition) is 6. The molecule has 3 aromatic rings. The van der Waals surface area contributed by atoms with Gasteiger partial charge in [-0.25, -0.2) is 15.0 Å². The third-order valence-electron chi connectivity index (χ3n) is 4.06. The van der Waals surface area contributed by atoms with Gasteiger partial charge in [-0.2, -0.15) is 0 Å². The Kier molecular flexibility index (Phi) is 5.35. The first-order valence-electron chi connectivity index (χ1n) is 8.40. The number of carbonyl (C=O) groups excluding carboxylic acids is 1. The fourth-order valence-electron chi connectivity index (χ4n) is 2.65. The molecule has 0 radical (unpaired) electrons. The molecule has 27 heavy (non-hydrogen) atoms. The number of hydrogen-bond donors (Lipinski definition) is 1. The van der Waals surface area contributed by atoms with Crippen LogP contribution >= 0.6 is 0 Å². The zero-order chi connectivity index (χ0) is 19.4. The number of amides is 1. The average Bonchev–Trinajstić information content (AvgIpc) is 2.93. The van der Waals surface area contributed by atoms with Gasteiger partial charge in [0.2, 0.25) is 5.95 Å². The Morgan fingerprint density at radius 1 is 1.11 bits per heavy atom. The molecule has 2 aromatic heterocycles. The molecular weight excluding hydrogens is 346 g/mol. The summed E-state index contributed by atoms with van der Waals surface area (Å²) in [5.41, 5.74) is 2.40. The minimum atomic E-state index is -0.317. The Labute approximate surface area is 157 Å². The van der Waals surface area contributed by atoms with Crippen LogP contribution < -0.4 is 14.8 Å². The van der Waals surface area contributed by atoms with Crippen LogP contribution in [0.15, 0.2) is 36.7 Å². The molecule has 0 saturated carbocycles. The predicted octanol–water partition coefficient (Wildman–Crippen LogP) is 2.61. The molecule has 8 heteroatoms. The summed E-state index contributed by atoms with van der Waals surface area (Å²) in [6, 6.07) is 7.14. The summed E-state index contributed by atoms with van der Waals surface area (Å²) in [7, 11) is 1.55. The van der Waals surface area contributed by atoms with Crippen LogP contribution in [0.5, 0.6) is 11.5 Å². The van der Waals surface area contributed by atoms with Gasteiger partial charge in [0, 0.05) is 5.69 Å². The molecule has 8 nitrogen and oxygen atoms in total. The van der Waals surface area contributed by atoms with E-state index in [-0.39, 0.29) is 12.5 Å². The van der Waals surface area contributed by atoms with Gasteiger partial charge in [-0.05, 0) is 32.9 Å². The molecule has 0 aliphatic heterocycles. The molecule has 0 fully saturated rings. The van der Waals surface area contributed by atoms with Crippen LogP contribution in [0.3, 0.4) is 0 Å². The lowest BCUT2D eigenvalue weighted by Gasteiger charge is -2.11. The number of nitrogens with one attached hydrogen (secondary N) is 1. The van der Waals surface area contributed by atoms with Crippen molar-refractivity contribution in [2.75, 3.05) is 19.0 Å². The molecule has 1 N–H and O–H groups in total. The fraction of sp³-hybridized carbons (Fsp3) is 0.263.